The number of halogens is 1. The van der Waals surface area contributed by atoms with Crippen LogP contribution >= 0.6 is 0 Å². The van der Waals surface area contributed by atoms with E-state index in [2.05, 4.69) is 5.32 Å². The maximum atomic E-state index is 13.7. The second-order valence-electron chi connectivity index (χ2n) is 5.72. The van der Waals surface area contributed by atoms with E-state index in [4.69, 9.17) is 0 Å². The average molecular weight is 348 g/mol. The number of hydrogen-bond acceptors (Lipinski definition) is 3. The van der Waals surface area contributed by atoms with Crippen LogP contribution in [0.1, 0.15) is 17.5 Å². The SMILES string of the molecule is CN(Cc1ccccc1F)S(=O)(=O)c1ccc2c(c1)CCC(=O)N2. The number of fused-ring (bicyclic) bond motifs is 1. The second-order valence-corrected chi connectivity index (χ2v) is 7.76. The highest BCUT2D eigenvalue weighted by atomic mass is 32.2. The molecule has 0 fully saturated rings. The Bertz CT molecular complexity index is 896. The van der Waals surface area contributed by atoms with Crippen molar-refractivity contribution in [2.24, 2.45) is 0 Å². The van der Waals surface area contributed by atoms with Gasteiger partial charge in [0.05, 0.1) is 4.90 Å². The Morgan fingerprint density at radius 2 is 1.92 bits per heavy atom. The number of carbonyl (C=O) groups is 1. The third-order valence-corrected chi connectivity index (χ3v) is 5.83. The Hall–Kier alpha value is -2.25. The third-order valence-electron chi connectivity index (χ3n) is 4.03. The Kier molecular flexibility index (Phi) is 4.38. The minimum absolute atomic E-state index is 0.0528. The first kappa shape index (κ1) is 16.6. The van der Waals surface area contributed by atoms with Crippen molar-refractivity contribution >= 4 is 21.6 Å². The van der Waals surface area contributed by atoms with E-state index in [9.17, 15) is 17.6 Å². The van der Waals surface area contributed by atoms with Gasteiger partial charge < -0.3 is 5.32 Å². The molecule has 126 valence electrons. The van der Waals surface area contributed by atoms with Gasteiger partial charge in [0.2, 0.25) is 15.9 Å². The number of hydrogen-bond donors (Lipinski definition) is 1. The molecule has 7 heteroatoms. The Balaban J connectivity index is 1.87. The van der Waals surface area contributed by atoms with Crippen LogP contribution in [0.25, 0.3) is 0 Å². The fourth-order valence-electron chi connectivity index (χ4n) is 2.65. The van der Waals surface area contributed by atoms with Gasteiger partial charge in [0, 0.05) is 31.3 Å². The summed E-state index contributed by atoms with van der Waals surface area (Å²) in [6.45, 7) is -0.0528. The summed E-state index contributed by atoms with van der Waals surface area (Å²) in [7, 11) is -2.33. The van der Waals surface area contributed by atoms with Crippen molar-refractivity contribution in [3.63, 3.8) is 0 Å². The summed E-state index contributed by atoms with van der Waals surface area (Å²) in [5.74, 6) is -0.512. The van der Waals surface area contributed by atoms with Gasteiger partial charge in [-0.15, -0.1) is 0 Å². The summed E-state index contributed by atoms with van der Waals surface area (Å²) in [5, 5.41) is 2.72. The minimum atomic E-state index is -3.75. The zero-order valence-electron chi connectivity index (χ0n) is 13.1. The van der Waals surface area contributed by atoms with E-state index in [1.54, 1.807) is 30.3 Å². The molecule has 0 spiro atoms. The van der Waals surface area contributed by atoms with Crippen molar-refractivity contribution in [2.75, 3.05) is 12.4 Å². The molecule has 0 aromatic heterocycles. The number of carbonyl (C=O) groups excluding carboxylic acids is 1. The first-order valence-corrected chi connectivity index (χ1v) is 8.94. The second kappa shape index (κ2) is 6.33. The molecule has 1 heterocycles. The lowest BCUT2D eigenvalue weighted by Gasteiger charge is -2.21. The van der Waals surface area contributed by atoms with Crippen LogP contribution in [0.15, 0.2) is 47.4 Å². The maximum Gasteiger partial charge on any atom is 0.243 e. The van der Waals surface area contributed by atoms with Crippen LogP contribution in [-0.4, -0.2) is 25.7 Å². The minimum Gasteiger partial charge on any atom is -0.326 e. The fraction of sp³-hybridized carbons (Fsp3) is 0.235. The standard InChI is InChI=1S/C17H17FN2O3S/c1-20(11-13-4-2-3-5-15(13)18)24(22,23)14-7-8-16-12(10-14)6-9-17(21)19-16/h2-5,7-8,10H,6,9,11H2,1H3,(H,19,21). The molecule has 1 N–H and O–H groups in total. The molecule has 0 unspecified atom stereocenters. The molecular weight excluding hydrogens is 331 g/mol. The van der Waals surface area contributed by atoms with Gasteiger partial charge in [-0.25, -0.2) is 12.8 Å². The molecule has 2 aromatic rings. The molecule has 3 rings (SSSR count). The Morgan fingerprint density at radius 1 is 1.17 bits per heavy atom. The van der Waals surface area contributed by atoms with Gasteiger partial charge in [0.15, 0.2) is 0 Å². The summed E-state index contributed by atoms with van der Waals surface area (Å²) >= 11 is 0. The predicted molar refractivity (Wildman–Crippen MR) is 88.4 cm³/mol. The lowest BCUT2D eigenvalue weighted by atomic mass is 10.0. The van der Waals surface area contributed by atoms with Crippen LogP contribution in [-0.2, 0) is 27.8 Å². The van der Waals surface area contributed by atoms with E-state index in [0.717, 1.165) is 9.87 Å². The van der Waals surface area contributed by atoms with Crippen LogP contribution < -0.4 is 5.32 Å². The number of anilines is 1. The molecule has 0 bridgehead atoms. The van der Waals surface area contributed by atoms with Crippen LogP contribution in [0.4, 0.5) is 10.1 Å². The summed E-state index contributed by atoms with van der Waals surface area (Å²) in [4.78, 5) is 11.5. The molecule has 0 radical (unpaired) electrons. The van der Waals surface area contributed by atoms with Crippen LogP contribution in [0, 0.1) is 5.82 Å². The molecule has 1 aliphatic heterocycles. The van der Waals surface area contributed by atoms with Gasteiger partial charge in [-0.05, 0) is 36.2 Å². The van der Waals surface area contributed by atoms with Gasteiger partial charge in [0.25, 0.3) is 0 Å². The van der Waals surface area contributed by atoms with Crippen LogP contribution in [0.3, 0.4) is 0 Å². The van der Waals surface area contributed by atoms with Crippen molar-refractivity contribution in [1.29, 1.82) is 0 Å². The van der Waals surface area contributed by atoms with Crippen LogP contribution in [0.2, 0.25) is 0 Å². The summed E-state index contributed by atoms with van der Waals surface area (Å²) < 4.78 is 40.3. The number of benzene rings is 2. The molecule has 1 aliphatic rings. The quantitative estimate of drug-likeness (QED) is 0.923. The normalized spacial score (nSPS) is 14.4. The van der Waals surface area contributed by atoms with Crippen molar-refractivity contribution in [3.05, 3.63) is 59.4 Å². The van der Waals surface area contributed by atoms with Gasteiger partial charge in [-0.1, -0.05) is 18.2 Å². The van der Waals surface area contributed by atoms with Crippen LogP contribution in [0.5, 0.6) is 0 Å². The summed E-state index contributed by atoms with van der Waals surface area (Å²) in [6, 6.07) is 10.7. The molecular formula is C17H17FN2O3S. The first-order valence-electron chi connectivity index (χ1n) is 7.50. The van der Waals surface area contributed by atoms with E-state index in [1.807, 2.05) is 0 Å². The monoisotopic (exact) mass is 348 g/mol. The topological polar surface area (TPSA) is 66.5 Å². The smallest absolute Gasteiger partial charge is 0.243 e. The fourth-order valence-corrected chi connectivity index (χ4v) is 3.85. The van der Waals surface area contributed by atoms with Crippen molar-refractivity contribution < 1.29 is 17.6 Å². The number of amides is 1. The van der Waals surface area contributed by atoms with E-state index < -0.39 is 15.8 Å². The molecule has 0 aliphatic carbocycles. The number of rotatable bonds is 4. The van der Waals surface area contributed by atoms with Crippen molar-refractivity contribution in [2.45, 2.75) is 24.3 Å². The molecule has 0 atom stereocenters. The molecule has 2 aromatic carbocycles. The summed E-state index contributed by atoms with van der Waals surface area (Å²) in [5.41, 5.74) is 1.74. The largest absolute Gasteiger partial charge is 0.326 e. The number of nitrogens with zero attached hydrogens (tertiary/aromatic N) is 1. The van der Waals surface area contributed by atoms with Gasteiger partial charge >= 0.3 is 0 Å². The predicted octanol–water partition coefficient (Wildman–Crippen LogP) is 2.53. The average Bonchev–Trinajstić information content (AvgIpc) is 2.56. The summed E-state index contributed by atoms with van der Waals surface area (Å²) in [6.07, 6.45) is 0.836. The van der Waals surface area contributed by atoms with Crippen molar-refractivity contribution in [3.8, 4) is 0 Å². The lowest BCUT2D eigenvalue weighted by Crippen LogP contribution is -2.27. The molecule has 5 nitrogen and oxygen atoms in total. The van der Waals surface area contributed by atoms with Crippen molar-refractivity contribution in [1.82, 2.24) is 4.31 Å². The van der Waals surface area contributed by atoms with Gasteiger partial charge in [-0.2, -0.15) is 4.31 Å². The Morgan fingerprint density at radius 3 is 2.67 bits per heavy atom. The van der Waals surface area contributed by atoms with E-state index >= 15 is 0 Å². The highest BCUT2D eigenvalue weighted by Crippen LogP contribution is 2.27. The number of nitrogens with one attached hydrogen (secondary N) is 1. The van der Waals surface area contributed by atoms with E-state index in [1.165, 1.54) is 19.2 Å². The van der Waals surface area contributed by atoms with E-state index in [0.29, 0.717) is 24.1 Å². The Labute approximate surface area is 140 Å². The number of sulfonamides is 1. The molecule has 1 amide bonds. The zero-order chi connectivity index (χ0) is 17.3. The maximum absolute atomic E-state index is 13.7. The van der Waals surface area contributed by atoms with Gasteiger partial charge in [0.1, 0.15) is 5.82 Å². The highest BCUT2D eigenvalue weighted by molar-refractivity contribution is 7.89. The highest BCUT2D eigenvalue weighted by Gasteiger charge is 2.24. The number of aryl methyl sites for hydroxylation is 1. The lowest BCUT2D eigenvalue weighted by molar-refractivity contribution is -0.116. The zero-order valence-corrected chi connectivity index (χ0v) is 13.9. The molecule has 0 saturated carbocycles. The van der Waals surface area contributed by atoms with E-state index in [-0.39, 0.29) is 17.3 Å². The third kappa shape index (κ3) is 3.18. The van der Waals surface area contributed by atoms with Gasteiger partial charge in [-0.3, -0.25) is 4.79 Å². The molecule has 24 heavy (non-hydrogen) atoms. The molecule has 0 saturated heterocycles. The first-order chi connectivity index (χ1) is 11.4.